The Morgan fingerprint density at radius 1 is 1.47 bits per heavy atom. The van der Waals surface area contributed by atoms with Crippen molar-refractivity contribution in [2.24, 2.45) is 0 Å². The first-order valence-electron chi connectivity index (χ1n) is 5.58. The Morgan fingerprint density at radius 3 is 2.71 bits per heavy atom. The van der Waals surface area contributed by atoms with Gasteiger partial charge in [0.05, 0.1) is 13.0 Å². The van der Waals surface area contributed by atoms with Crippen LogP contribution in [0.25, 0.3) is 0 Å². The first-order valence-corrected chi connectivity index (χ1v) is 5.58. The molecule has 0 spiro atoms. The number of esters is 1. The standard InChI is InChI=1S/C11H19N3O3/c1-8-13-9(17-14-8)7-12-6-5-10(15)16-11(2,3)4/h12H,5-7H2,1-4H3. The summed E-state index contributed by atoms with van der Waals surface area (Å²) in [6, 6.07) is 0. The second kappa shape index (κ2) is 5.77. The smallest absolute Gasteiger partial charge is 0.307 e. The molecule has 0 saturated carbocycles. The molecule has 0 aliphatic rings. The summed E-state index contributed by atoms with van der Waals surface area (Å²) in [6.07, 6.45) is 0.324. The van der Waals surface area contributed by atoms with Gasteiger partial charge in [-0.2, -0.15) is 4.98 Å². The molecule has 1 aromatic heterocycles. The van der Waals surface area contributed by atoms with E-state index in [0.29, 0.717) is 31.2 Å². The molecule has 17 heavy (non-hydrogen) atoms. The highest BCUT2D eigenvalue weighted by molar-refractivity contribution is 5.70. The minimum absolute atomic E-state index is 0.216. The van der Waals surface area contributed by atoms with Gasteiger partial charge in [-0.1, -0.05) is 5.16 Å². The quantitative estimate of drug-likeness (QED) is 0.616. The zero-order valence-corrected chi connectivity index (χ0v) is 10.7. The molecule has 0 bridgehead atoms. The minimum atomic E-state index is -0.430. The van der Waals surface area contributed by atoms with Crippen LogP contribution < -0.4 is 5.32 Å². The Morgan fingerprint density at radius 2 is 2.18 bits per heavy atom. The van der Waals surface area contributed by atoms with Gasteiger partial charge < -0.3 is 14.6 Å². The summed E-state index contributed by atoms with van der Waals surface area (Å²) in [6.45, 7) is 8.28. The number of aromatic nitrogens is 2. The molecule has 1 rings (SSSR count). The molecule has 6 nitrogen and oxygen atoms in total. The number of hydrogen-bond donors (Lipinski definition) is 1. The summed E-state index contributed by atoms with van der Waals surface area (Å²) >= 11 is 0. The fraction of sp³-hybridized carbons (Fsp3) is 0.727. The lowest BCUT2D eigenvalue weighted by Crippen LogP contribution is -2.26. The average molecular weight is 241 g/mol. The van der Waals surface area contributed by atoms with E-state index >= 15 is 0 Å². The van der Waals surface area contributed by atoms with Crippen LogP contribution >= 0.6 is 0 Å². The van der Waals surface area contributed by atoms with Crippen LogP contribution in [0, 0.1) is 6.92 Å². The van der Waals surface area contributed by atoms with Crippen LogP contribution in [-0.4, -0.2) is 28.3 Å². The molecule has 1 aromatic rings. The number of nitrogens with zero attached hydrogens (tertiary/aromatic N) is 2. The summed E-state index contributed by atoms with van der Waals surface area (Å²) in [5, 5.41) is 6.70. The lowest BCUT2D eigenvalue weighted by Gasteiger charge is -2.19. The second-order valence-corrected chi connectivity index (χ2v) is 4.75. The molecule has 6 heteroatoms. The van der Waals surface area contributed by atoms with Crippen LogP contribution in [0.15, 0.2) is 4.52 Å². The second-order valence-electron chi connectivity index (χ2n) is 4.75. The SMILES string of the molecule is Cc1noc(CNCCC(=O)OC(C)(C)C)n1. The van der Waals surface area contributed by atoms with Crippen molar-refractivity contribution in [2.75, 3.05) is 6.54 Å². The lowest BCUT2D eigenvalue weighted by molar-refractivity contribution is -0.154. The Hall–Kier alpha value is -1.43. The highest BCUT2D eigenvalue weighted by atomic mass is 16.6. The van der Waals surface area contributed by atoms with E-state index in [4.69, 9.17) is 9.26 Å². The Bertz CT molecular complexity index is 368. The molecular weight excluding hydrogens is 222 g/mol. The fourth-order valence-electron chi connectivity index (χ4n) is 1.19. The van der Waals surface area contributed by atoms with Gasteiger partial charge in [-0.15, -0.1) is 0 Å². The Labute approximate surface area is 101 Å². The molecular formula is C11H19N3O3. The predicted molar refractivity (Wildman–Crippen MR) is 61.2 cm³/mol. The van der Waals surface area contributed by atoms with Crippen LogP contribution in [0.5, 0.6) is 0 Å². The van der Waals surface area contributed by atoms with Gasteiger partial charge in [-0.3, -0.25) is 4.79 Å². The molecule has 0 radical (unpaired) electrons. The maximum atomic E-state index is 11.4. The van der Waals surface area contributed by atoms with E-state index in [2.05, 4.69) is 15.5 Å². The van der Waals surface area contributed by atoms with Crippen molar-refractivity contribution in [3.63, 3.8) is 0 Å². The molecule has 0 aliphatic heterocycles. The van der Waals surface area contributed by atoms with E-state index in [1.807, 2.05) is 20.8 Å². The molecule has 96 valence electrons. The Balaban J connectivity index is 2.14. The number of aryl methyl sites for hydroxylation is 1. The maximum absolute atomic E-state index is 11.4. The summed E-state index contributed by atoms with van der Waals surface area (Å²) in [4.78, 5) is 15.4. The average Bonchev–Trinajstić information content (AvgIpc) is 2.56. The van der Waals surface area contributed by atoms with Crippen molar-refractivity contribution in [3.05, 3.63) is 11.7 Å². The van der Waals surface area contributed by atoms with E-state index in [9.17, 15) is 4.79 Å². The van der Waals surface area contributed by atoms with Gasteiger partial charge >= 0.3 is 5.97 Å². The van der Waals surface area contributed by atoms with Crippen molar-refractivity contribution < 1.29 is 14.1 Å². The van der Waals surface area contributed by atoms with Crippen molar-refractivity contribution in [2.45, 2.75) is 46.3 Å². The highest BCUT2D eigenvalue weighted by Crippen LogP contribution is 2.07. The molecule has 0 fully saturated rings. The van der Waals surface area contributed by atoms with Crippen LogP contribution in [0.2, 0.25) is 0 Å². The van der Waals surface area contributed by atoms with E-state index in [1.54, 1.807) is 6.92 Å². The summed E-state index contributed by atoms with van der Waals surface area (Å²) in [5.41, 5.74) is -0.430. The predicted octanol–water partition coefficient (Wildman–Crippen LogP) is 1.20. The third kappa shape index (κ3) is 6.01. The van der Waals surface area contributed by atoms with Gasteiger partial charge in [0.15, 0.2) is 5.82 Å². The lowest BCUT2D eigenvalue weighted by atomic mass is 10.2. The zero-order valence-electron chi connectivity index (χ0n) is 10.7. The minimum Gasteiger partial charge on any atom is -0.460 e. The number of nitrogens with one attached hydrogen (secondary N) is 1. The molecule has 0 atom stereocenters. The number of carbonyl (C=O) groups excluding carboxylic acids is 1. The third-order valence-corrected chi connectivity index (χ3v) is 1.77. The molecule has 1 N–H and O–H groups in total. The zero-order chi connectivity index (χ0) is 12.9. The number of ether oxygens (including phenoxy) is 1. The third-order valence-electron chi connectivity index (χ3n) is 1.77. The number of carbonyl (C=O) groups is 1. The van der Waals surface area contributed by atoms with Crippen LogP contribution in [-0.2, 0) is 16.1 Å². The van der Waals surface area contributed by atoms with Gasteiger partial charge in [0.25, 0.3) is 0 Å². The normalized spacial score (nSPS) is 11.5. The van der Waals surface area contributed by atoms with E-state index in [-0.39, 0.29) is 5.97 Å². The molecule has 0 aliphatic carbocycles. The van der Waals surface area contributed by atoms with Crippen molar-refractivity contribution in [1.29, 1.82) is 0 Å². The van der Waals surface area contributed by atoms with Crippen LogP contribution in [0.1, 0.15) is 38.9 Å². The number of rotatable bonds is 5. The largest absolute Gasteiger partial charge is 0.460 e. The summed E-state index contributed by atoms with van der Waals surface area (Å²) in [5.74, 6) is 0.910. The first-order chi connectivity index (χ1) is 7.87. The maximum Gasteiger partial charge on any atom is 0.307 e. The van der Waals surface area contributed by atoms with E-state index in [1.165, 1.54) is 0 Å². The van der Waals surface area contributed by atoms with Gasteiger partial charge in [0, 0.05) is 6.54 Å². The number of hydrogen-bond acceptors (Lipinski definition) is 6. The van der Waals surface area contributed by atoms with Gasteiger partial charge in [-0.05, 0) is 27.7 Å². The van der Waals surface area contributed by atoms with Gasteiger partial charge in [-0.25, -0.2) is 0 Å². The molecule has 0 unspecified atom stereocenters. The van der Waals surface area contributed by atoms with E-state index in [0.717, 1.165) is 0 Å². The molecule has 0 saturated heterocycles. The molecule has 1 heterocycles. The highest BCUT2D eigenvalue weighted by Gasteiger charge is 2.15. The van der Waals surface area contributed by atoms with Gasteiger partial charge in [0.1, 0.15) is 5.60 Å². The van der Waals surface area contributed by atoms with Crippen LogP contribution in [0.3, 0.4) is 0 Å². The van der Waals surface area contributed by atoms with Crippen molar-refractivity contribution >= 4 is 5.97 Å². The molecule has 0 amide bonds. The fourth-order valence-corrected chi connectivity index (χ4v) is 1.19. The van der Waals surface area contributed by atoms with Gasteiger partial charge in [0.2, 0.25) is 5.89 Å². The van der Waals surface area contributed by atoms with E-state index < -0.39 is 5.60 Å². The topological polar surface area (TPSA) is 77.2 Å². The summed E-state index contributed by atoms with van der Waals surface area (Å²) in [7, 11) is 0. The summed E-state index contributed by atoms with van der Waals surface area (Å²) < 4.78 is 10.1. The van der Waals surface area contributed by atoms with Crippen molar-refractivity contribution in [3.8, 4) is 0 Å². The van der Waals surface area contributed by atoms with Crippen LogP contribution in [0.4, 0.5) is 0 Å². The molecule has 0 aromatic carbocycles. The first kappa shape index (κ1) is 13.6. The Kier molecular flexibility index (Phi) is 4.62. The van der Waals surface area contributed by atoms with Crippen molar-refractivity contribution in [1.82, 2.24) is 15.5 Å². The monoisotopic (exact) mass is 241 g/mol.